The number of amides is 2. The van der Waals surface area contributed by atoms with Crippen LogP contribution in [-0.4, -0.2) is 20.9 Å². The molecule has 26 heavy (non-hydrogen) atoms. The van der Waals surface area contributed by atoms with Gasteiger partial charge in [-0.05, 0) is 60.4 Å². The Morgan fingerprint density at radius 1 is 0.923 bits per heavy atom. The van der Waals surface area contributed by atoms with E-state index in [9.17, 15) is 4.79 Å². The average molecular weight is 346 g/mol. The third kappa shape index (κ3) is 4.89. The van der Waals surface area contributed by atoms with Gasteiger partial charge in [0.05, 0.1) is 0 Å². The van der Waals surface area contributed by atoms with E-state index in [1.54, 1.807) is 29.7 Å². The minimum Gasteiger partial charge on any atom is -0.316 e. The number of carbonyl (C=O) groups excluding carboxylic acids is 1. The first-order valence-electron chi connectivity index (χ1n) is 8.52. The van der Waals surface area contributed by atoms with Crippen LogP contribution >= 0.6 is 0 Å². The molecule has 0 aliphatic carbocycles. The van der Waals surface area contributed by atoms with Crippen molar-refractivity contribution in [2.24, 2.45) is 0 Å². The molecule has 0 spiro atoms. The van der Waals surface area contributed by atoms with Gasteiger partial charge in [0.2, 0.25) is 0 Å². The molecule has 0 saturated heterocycles. The van der Waals surface area contributed by atoms with Gasteiger partial charge in [0.25, 0.3) is 0 Å². The molecule has 5 heteroatoms. The largest absolute Gasteiger partial charge is 0.322 e. The van der Waals surface area contributed by atoms with Gasteiger partial charge in [0.1, 0.15) is 0 Å². The molecule has 0 aliphatic rings. The number of aromatic nitrogens is 2. The van der Waals surface area contributed by atoms with Gasteiger partial charge in [-0.1, -0.05) is 18.2 Å². The summed E-state index contributed by atoms with van der Waals surface area (Å²) in [7, 11) is 0. The summed E-state index contributed by atoms with van der Waals surface area (Å²) in [6.07, 6.45) is 7.01. The van der Waals surface area contributed by atoms with E-state index in [4.69, 9.17) is 0 Å². The van der Waals surface area contributed by atoms with Crippen molar-refractivity contribution in [1.82, 2.24) is 14.9 Å². The van der Waals surface area contributed by atoms with E-state index < -0.39 is 0 Å². The minimum atomic E-state index is -0.150. The summed E-state index contributed by atoms with van der Waals surface area (Å²) in [5, 5.41) is 3.01. The van der Waals surface area contributed by atoms with Crippen molar-refractivity contribution in [3.05, 3.63) is 89.5 Å². The van der Waals surface area contributed by atoms with E-state index in [-0.39, 0.29) is 6.03 Å². The minimum absolute atomic E-state index is 0.150. The summed E-state index contributed by atoms with van der Waals surface area (Å²) in [5.41, 5.74) is 4.99. The molecule has 132 valence electrons. The number of aryl methyl sites for hydroxylation is 2. The number of pyridine rings is 2. The molecule has 2 heterocycles. The predicted molar refractivity (Wildman–Crippen MR) is 103 cm³/mol. The maximum absolute atomic E-state index is 12.9. The first-order chi connectivity index (χ1) is 12.6. The number of hydrogen-bond donors (Lipinski definition) is 1. The Kier molecular flexibility index (Phi) is 5.59. The van der Waals surface area contributed by atoms with E-state index >= 15 is 0 Å². The van der Waals surface area contributed by atoms with Crippen LogP contribution < -0.4 is 5.32 Å². The Balaban J connectivity index is 1.80. The number of nitrogens with zero attached hydrogens (tertiary/aromatic N) is 3. The molecule has 0 unspecified atom stereocenters. The highest BCUT2D eigenvalue weighted by atomic mass is 16.2. The Morgan fingerprint density at radius 2 is 1.46 bits per heavy atom. The topological polar surface area (TPSA) is 58.1 Å². The lowest BCUT2D eigenvalue weighted by Gasteiger charge is -2.23. The lowest BCUT2D eigenvalue weighted by molar-refractivity contribution is 0.206. The molecule has 0 fully saturated rings. The Labute approximate surface area is 153 Å². The van der Waals surface area contributed by atoms with Crippen LogP contribution in [0.4, 0.5) is 10.5 Å². The van der Waals surface area contributed by atoms with Crippen molar-refractivity contribution in [2.75, 3.05) is 5.32 Å². The van der Waals surface area contributed by atoms with E-state index in [1.165, 1.54) is 0 Å². The summed E-state index contributed by atoms with van der Waals surface area (Å²) in [5.74, 6) is 0. The van der Waals surface area contributed by atoms with Crippen LogP contribution in [-0.2, 0) is 13.1 Å². The average Bonchev–Trinajstić information content (AvgIpc) is 2.62. The van der Waals surface area contributed by atoms with Gasteiger partial charge in [-0.15, -0.1) is 0 Å². The maximum atomic E-state index is 12.9. The molecule has 2 aromatic heterocycles. The highest BCUT2D eigenvalue weighted by Crippen LogP contribution is 2.16. The molecular formula is C21H22N4O. The second-order valence-electron chi connectivity index (χ2n) is 6.39. The third-order valence-corrected chi connectivity index (χ3v) is 3.95. The Bertz CT molecular complexity index is 804. The van der Waals surface area contributed by atoms with Crippen molar-refractivity contribution in [1.29, 1.82) is 0 Å². The van der Waals surface area contributed by atoms with Gasteiger partial charge >= 0.3 is 6.03 Å². The highest BCUT2D eigenvalue weighted by Gasteiger charge is 2.15. The smallest absolute Gasteiger partial charge is 0.316 e. The first kappa shape index (κ1) is 17.6. The number of hydrogen-bond acceptors (Lipinski definition) is 3. The normalized spacial score (nSPS) is 10.4. The molecule has 1 aromatic carbocycles. The number of anilines is 1. The number of nitrogens with one attached hydrogen (secondary N) is 1. The van der Waals surface area contributed by atoms with Gasteiger partial charge in [-0.2, -0.15) is 0 Å². The molecule has 0 radical (unpaired) electrons. The van der Waals surface area contributed by atoms with Gasteiger partial charge in [-0.25, -0.2) is 4.79 Å². The highest BCUT2D eigenvalue weighted by molar-refractivity contribution is 5.89. The lowest BCUT2D eigenvalue weighted by Crippen LogP contribution is -2.34. The van der Waals surface area contributed by atoms with E-state index in [0.29, 0.717) is 13.1 Å². The standard InChI is InChI=1S/C21H22N4O/c1-16-9-17(2)11-20(10-16)24-21(26)25(14-18-5-3-7-22-12-18)15-19-6-4-8-23-13-19/h3-13H,14-15H2,1-2H3,(H,24,26). The molecule has 0 bridgehead atoms. The van der Waals surface area contributed by atoms with Crippen LogP contribution in [0.15, 0.2) is 67.3 Å². The molecule has 3 rings (SSSR count). The fraction of sp³-hybridized carbons (Fsp3) is 0.190. The molecular weight excluding hydrogens is 324 g/mol. The van der Waals surface area contributed by atoms with Crippen molar-refractivity contribution in [3.63, 3.8) is 0 Å². The Morgan fingerprint density at radius 3 is 1.92 bits per heavy atom. The van der Waals surface area contributed by atoms with Crippen LogP contribution in [0.25, 0.3) is 0 Å². The van der Waals surface area contributed by atoms with E-state index in [1.807, 2.05) is 50.2 Å². The van der Waals surface area contributed by atoms with Gasteiger partial charge < -0.3 is 10.2 Å². The molecule has 0 atom stereocenters. The zero-order chi connectivity index (χ0) is 18.4. The van der Waals surface area contributed by atoms with Crippen LogP contribution in [0.3, 0.4) is 0 Å². The number of rotatable bonds is 5. The molecule has 2 amide bonds. The number of urea groups is 1. The monoisotopic (exact) mass is 346 g/mol. The maximum Gasteiger partial charge on any atom is 0.322 e. The molecule has 1 N–H and O–H groups in total. The summed E-state index contributed by atoms with van der Waals surface area (Å²) >= 11 is 0. The Hall–Kier alpha value is -3.21. The fourth-order valence-electron chi connectivity index (χ4n) is 2.87. The summed E-state index contributed by atoms with van der Waals surface area (Å²) in [6, 6.07) is 13.6. The van der Waals surface area contributed by atoms with Gasteiger partial charge in [-0.3, -0.25) is 9.97 Å². The van der Waals surface area contributed by atoms with Crippen LogP contribution in [0.2, 0.25) is 0 Å². The van der Waals surface area contributed by atoms with Crippen LogP contribution in [0.5, 0.6) is 0 Å². The van der Waals surface area contributed by atoms with Gasteiger partial charge in [0.15, 0.2) is 0 Å². The van der Waals surface area contributed by atoms with Crippen LogP contribution in [0, 0.1) is 13.8 Å². The van der Waals surface area contributed by atoms with E-state index in [2.05, 4.69) is 21.4 Å². The second-order valence-corrected chi connectivity index (χ2v) is 6.39. The first-order valence-corrected chi connectivity index (χ1v) is 8.52. The van der Waals surface area contributed by atoms with Crippen molar-refractivity contribution >= 4 is 11.7 Å². The van der Waals surface area contributed by atoms with Crippen molar-refractivity contribution < 1.29 is 4.79 Å². The summed E-state index contributed by atoms with van der Waals surface area (Å²) < 4.78 is 0. The van der Waals surface area contributed by atoms with Crippen molar-refractivity contribution in [2.45, 2.75) is 26.9 Å². The van der Waals surface area contributed by atoms with Crippen molar-refractivity contribution in [3.8, 4) is 0 Å². The summed E-state index contributed by atoms with van der Waals surface area (Å²) in [6.45, 7) is 4.98. The van der Waals surface area contributed by atoms with E-state index in [0.717, 1.165) is 27.9 Å². The summed E-state index contributed by atoms with van der Waals surface area (Å²) in [4.78, 5) is 23.0. The molecule has 5 nitrogen and oxygen atoms in total. The zero-order valence-corrected chi connectivity index (χ0v) is 15.0. The predicted octanol–water partition coefficient (Wildman–Crippen LogP) is 4.33. The molecule has 0 saturated carbocycles. The molecule has 3 aromatic rings. The second kappa shape index (κ2) is 8.25. The zero-order valence-electron chi connectivity index (χ0n) is 15.0. The lowest BCUT2D eigenvalue weighted by atomic mass is 10.1. The number of benzene rings is 1. The number of carbonyl (C=O) groups is 1. The third-order valence-electron chi connectivity index (χ3n) is 3.95. The quantitative estimate of drug-likeness (QED) is 0.748. The molecule has 0 aliphatic heterocycles. The van der Waals surface area contributed by atoms with Gasteiger partial charge in [0, 0.05) is 43.6 Å². The SMILES string of the molecule is Cc1cc(C)cc(NC(=O)N(Cc2cccnc2)Cc2cccnc2)c1. The van der Waals surface area contributed by atoms with Crippen LogP contribution in [0.1, 0.15) is 22.3 Å². The fourth-order valence-corrected chi connectivity index (χ4v) is 2.87.